The molecule has 0 N–H and O–H groups in total. The van der Waals surface area contributed by atoms with Gasteiger partial charge >= 0.3 is 0 Å². The van der Waals surface area contributed by atoms with Crippen LogP contribution in [0.5, 0.6) is 0 Å². The van der Waals surface area contributed by atoms with Crippen LogP contribution in [0.3, 0.4) is 0 Å². The van der Waals surface area contributed by atoms with Crippen molar-refractivity contribution in [1.29, 1.82) is 0 Å². The van der Waals surface area contributed by atoms with Gasteiger partial charge in [0, 0.05) is 51.5 Å². The summed E-state index contributed by atoms with van der Waals surface area (Å²) in [5.41, 5.74) is 10.0. The number of rotatable bonds is 12. The summed E-state index contributed by atoms with van der Waals surface area (Å²) in [7, 11) is 0. The van der Waals surface area contributed by atoms with Crippen molar-refractivity contribution in [2.75, 3.05) is 0 Å². The zero-order valence-corrected chi connectivity index (χ0v) is 30.9. The molecule has 0 spiro atoms. The average Bonchev–Trinajstić information content (AvgIpc) is 3.66. The molecule has 0 saturated heterocycles. The molecule has 9 rings (SSSR count). The van der Waals surface area contributed by atoms with Crippen molar-refractivity contribution in [3.63, 3.8) is 0 Å². The molecule has 4 heterocycles. The van der Waals surface area contributed by atoms with Gasteiger partial charge in [0.2, 0.25) is 0 Å². The highest BCUT2D eigenvalue weighted by molar-refractivity contribution is 6.09. The van der Waals surface area contributed by atoms with Crippen LogP contribution in [0, 0.1) is 17.8 Å². The van der Waals surface area contributed by atoms with Crippen LogP contribution in [0.15, 0.2) is 163 Å². The SMILES string of the molecule is [2H]C([2H])(Cc1ccc(-c2ccccc2)nc1)C1CC(CCc2ccc(-c3ccccc3)nc2)CC(C([2H])([2H])Cc2ccc(-c3cccc4c3oc3ccccc34)nc2)C1. The number of furan rings is 1. The van der Waals surface area contributed by atoms with Crippen LogP contribution < -0.4 is 0 Å². The van der Waals surface area contributed by atoms with Gasteiger partial charge in [0.25, 0.3) is 0 Å². The van der Waals surface area contributed by atoms with Crippen molar-refractivity contribution in [1.82, 2.24) is 15.0 Å². The number of aromatic nitrogens is 3. The predicted molar refractivity (Wildman–Crippen MR) is 226 cm³/mol. The molecule has 3 unspecified atom stereocenters. The Morgan fingerprint density at radius 2 is 0.982 bits per heavy atom. The fourth-order valence-corrected chi connectivity index (χ4v) is 8.20. The van der Waals surface area contributed by atoms with Gasteiger partial charge in [-0.1, -0.05) is 109 Å². The van der Waals surface area contributed by atoms with Gasteiger partial charge in [0.1, 0.15) is 11.2 Å². The maximum absolute atomic E-state index is 9.54. The fourth-order valence-electron chi connectivity index (χ4n) is 8.20. The number of fused-ring (bicyclic) bond motifs is 3. The van der Waals surface area contributed by atoms with E-state index in [0.717, 1.165) is 85.2 Å². The summed E-state index contributed by atoms with van der Waals surface area (Å²) in [5.74, 6) is -0.456. The number of pyridine rings is 3. The van der Waals surface area contributed by atoms with Gasteiger partial charge in [0.05, 0.1) is 17.1 Å². The first-order chi connectivity index (χ1) is 28.7. The zero-order valence-electron chi connectivity index (χ0n) is 34.9. The molecule has 0 radical (unpaired) electrons. The maximum Gasteiger partial charge on any atom is 0.144 e. The number of aryl methyl sites for hydroxylation is 3. The number of para-hydroxylation sites is 2. The van der Waals surface area contributed by atoms with E-state index in [0.29, 0.717) is 19.3 Å². The molecule has 1 aliphatic carbocycles. The minimum atomic E-state index is -1.56. The summed E-state index contributed by atoms with van der Waals surface area (Å²) in [4.78, 5) is 14.3. The van der Waals surface area contributed by atoms with Crippen molar-refractivity contribution in [2.45, 2.75) is 57.7 Å². The lowest BCUT2D eigenvalue weighted by Gasteiger charge is -2.35. The zero-order chi connectivity index (χ0) is 40.4. The molecule has 1 aliphatic rings. The third kappa shape index (κ3) is 8.15. The molecule has 8 aromatic rings. The molecule has 4 nitrogen and oxygen atoms in total. The van der Waals surface area contributed by atoms with Crippen LogP contribution in [-0.2, 0) is 19.3 Å². The third-order valence-corrected chi connectivity index (χ3v) is 11.1. The van der Waals surface area contributed by atoms with Crippen LogP contribution in [0.4, 0.5) is 0 Å². The standard InChI is InChI=1S/C51H47N3O/c1-3-10-42(11-4-1)47-27-24-36(33-52-47)18-21-39-30-40(22-19-37-25-28-48(53-34-37)43-12-5-2-6-13-43)32-41(31-39)23-20-38-26-29-49(54-35-38)46-16-9-15-45-44-14-7-8-17-50(44)55-51(45)46/h1-17,24-29,33-35,39-41H,18-23,30-32H2/i21D2,23D2. The summed E-state index contributed by atoms with van der Waals surface area (Å²) in [5, 5.41) is 2.11. The van der Waals surface area contributed by atoms with Gasteiger partial charge in [-0.15, -0.1) is 0 Å². The van der Waals surface area contributed by atoms with Crippen LogP contribution in [-0.4, -0.2) is 15.0 Å². The Hall–Kier alpha value is -5.87. The summed E-state index contributed by atoms with van der Waals surface area (Å²) >= 11 is 0. The van der Waals surface area contributed by atoms with Gasteiger partial charge in [-0.2, -0.15) is 0 Å². The van der Waals surface area contributed by atoms with E-state index in [4.69, 9.17) is 14.4 Å². The predicted octanol–water partition coefficient (Wildman–Crippen LogP) is 13.0. The monoisotopic (exact) mass is 721 g/mol. The first-order valence-electron chi connectivity index (χ1n) is 21.5. The number of benzene rings is 4. The topological polar surface area (TPSA) is 51.8 Å². The Morgan fingerprint density at radius 3 is 1.56 bits per heavy atom. The number of nitrogens with zero attached hydrogens (tertiary/aromatic N) is 3. The lowest BCUT2D eigenvalue weighted by atomic mass is 9.70. The first kappa shape index (κ1) is 30.5. The smallest absolute Gasteiger partial charge is 0.144 e. The molecule has 3 atom stereocenters. The van der Waals surface area contributed by atoms with Gasteiger partial charge in [-0.3, -0.25) is 15.0 Å². The van der Waals surface area contributed by atoms with Gasteiger partial charge < -0.3 is 4.42 Å². The molecule has 4 heteroatoms. The highest BCUT2D eigenvalue weighted by atomic mass is 16.3. The number of hydrogen-bond donors (Lipinski definition) is 0. The Kier molecular flexibility index (Phi) is 8.99. The van der Waals surface area contributed by atoms with E-state index in [1.54, 1.807) is 12.4 Å². The minimum absolute atomic E-state index is 0.168. The lowest BCUT2D eigenvalue weighted by molar-refractivity contribution is 0.172. The van der Waals surface area contributed by atoms with E-state index in [9.17, 15) is 5.48 Å². The van der Waals surface area contributed by atoms with Crippen LogP contribution >= 0.6 is 0 Å². The van der Waals surface area contributed by atoms with Gasteiger partial charge in [-0.05, 0) is 122 Å². The average molecular weight is 722 g/mol. The second-order valence-corrected chi connectivity index (χ2v) is 14.9. The van der Waals surface area contributed by atoms with Gasteiger partial charge in [0.15, 0.2) is 0 Å². The highest BCUT2D eigenvalue weighted by Crippen LogP contribution is 2.40. The number of hydrogen-bond acceptors (Lipinski definition) is 4. The molecule has 0 bridgehead atoms. The molecular formula is C51H47N3O. The van der Waals surface area contributed by atoms with Gasteiger partial charge in [-0.25, -0.2) is 0 Å². The van der Waals surface area contributed by atoms with E-state index in [-0.39, 0.29) is 30.6 Å². The largest absolute Gasteiger partial charge is 0.455 e. The fraction of sp³-hybridized carbons (Fsp3) is 0.235. The molecule has 1 fully saturated rings. The van der Waals surface area contributed by atoms with E-state index < -0.39 is 12.7 Å². The Labute approximate surface area is 330 Å². The van der Waals surface area contributed by atoms with E-state index in [1.165, 1.54) is 0 Å². The normalized spacial score (nSPS) is 18.7. The molecule has 0 aliphatic heterocycles. The van der Waals surface area contributed by atoms with Crippen molar-refractivity contribution >= 4 is 21.9 Å². The van der Waals surface area contributed by atoms with Crippen molar-refractivity contribution in [3.05, 3.63) is 175 Å². The molecule has 4 aromatic carbocycles. The summed E-state index contributed by atoms with van der Waals surface area (Å²) in [6, 6.07) is 46.4. The van der Waals surface area contributed by atoms with Crippen molar-refractivity contribution < 1.29 is 9.90 Å². The quantitative estimate of drug-likeness (QED) is 0.126. The molecule has 55 heavy (non-hydrogen) atoms. The van der Waals surface area contributed by atoms with Crippen LogP contribution in [0.2, 0.25) is 0 Å². The molecule has 0 amide bonds. The molecule has 272 valence electrons. The second-order valence-electron chi connectivity index (χ2n) is 14.9. The summed E-state index contributed by atoms with van der Waals surface area (Å²) < 4.78 is 44.3. The summed E-state index contributed by atoms with van der Waals surface area (Å²) in [6.07, 6.45) is 6.46. The highest BCUT2D eigenvalue weighted by Gasteiger charge is 2.28. The van der Waals surface area contributed by atoms with E-state index in [1.807, 2.05) is 109 Å². The Morgan fingerprint density at radius 1 is 0.473 bits per heavy atom. The minimum Gasteiger partial charge on any atom is -0.455 e. The van der Waals surface area contributed by atoms with Crippen LogP contribution in [0.1, 0.15) is 60.6 Å². The summed E-state index contributed by atoms with van der Waals surface area (Å²) in [6.45, 7) is 0. The third-order valence-electron chi connectivity index (χ3n) is 11.1. The Bertz CT molecular complexity index is 2650. The van der Waals surface area contributed by atoms with E-state index >= 15 is 0 Å². The molecule has 4 aromatic heterocycles. The maximum atomic E-state index is 9.54. The van der Waals surface area contributed by atoms with Crippen molar-refractivity contribution in [2.24, 2.45) is 17.8 Å². The second kappa shape index (κ2) is 16.2. The van der Waals surface area contributed by atoms with E-state index in [2.05, 4.69) is 41.4 Å². The first-order valence-corrected chi connectivity index (χ1v) is 19.5. The van der Waals surface area contributed by atoms with Crippen molar-refractivity contribution in [3.8, 4) is 33.8 Å². The molecule has 1 saturated carbocycles. The lowest BCUT2D eigenvalue weighted by Crippen LogP contribution is -2.24. The molecular weight excluding hydrogens is 671 g/mol. The Balaban J connectivity index is 0.934. The van der Waals surface area contributed by atoms with Crippen LogP contribution in [0.25, 0.3) is 55.7 Å².